The minimum absolute atomic E-state index is 0.221. The highest BCUT2D eigenvalue weighted by Crippen LogP contribution is 2.26. The number of anilines is 1. The van der Waals surface area contributed by atoms with E-state index < -0.39 is 0 Å². The van der Waals surface area contributed by atoms with Crippen LogP contribution in [0.15, 0.2) is 51.7 Å². The highest BCUT2D eigenvalue weighted by atomic mass is 35.5. The highest BCUT2D eigenvalue weighted by Gasteiger charge is 2.19. The number of aryl methyl sites for hydroxylation is 1. The van der Waals surface area contributed by atoms with Gasteiger partial charge in [0.25, 0.3) is 0 Å². The van der Waals surface area contributed by atoms with Crippen LogP contribution in [0.5, 0.6) is 0 Å². The molecule has 0 unspecified atom stereocenters. The van der Waals surface area contributed by atoms with Crippen molar-refractivity contribution >= 4 is 28.3 Å². The van der Waals surface area contributed by atoms with Crippen LogP contribution in [-0.2, 0) is 6.54 Å². The van der Waals surface area contributed by atoms with Crippen molar-refractivity contribution in [1.82, 2.24) is 4.90 Å². The fourth-order valence-corrected chi connectivity index (χ4v) is 3.70. The molecule has 1 aliphatic heterocycles. The Bertz CT molecular complexity index is 1020. The maximum Gasteiger partial charge on any atom is 0.336 e. The summed E-state index contributed by atoms with van der Waals surface area (Å²) in [5.74, 6) is -0.221. The number of hydrogen-bond acceptors (Lipinski definition) is 4. The van der Waals surface area contributed by atoms with Crippen molar-refractivity contribution in [2.45, 2.75) is 13.5 Å². The molecule has 4 rings (SSSR count). The van der Waals surface area contributed by atoms with E-state index in [1.807, 2.05) is 31.2 Å². The Labute approximate surface area is 161 Å². The topological polar surface area (TPSA) is 36.7 Å². The van der Waals surface area contributed by atoms with Crippen molar-refractivity contribution in [3.63, 3.8) is 0 Å². The van der Waals surface area contributed by atoms with E-state index >= 15 is 0 Å². The summed E-state index contributed by atoms with van der Waals surface area (Å²) in [5, 5.41) is 1.55. The first-order chi connectivity index (χ1) is 13.0. The molecule has 2 heterocycles. The Morgan fingerprint density at radius 1 is 1.07 bits per heavy atom. The molecule has 1 saturated heterocycles. The van der Waals surface area contributed by atoms with Crippen molar-refractivity contribution in [3.05, 3.63) is 74.9 Å². The van der Waals surface area contributed by atoms with E-state index in [0.29, 0.717) is 17.2 Å². The summed E-state index contributed by atoms with van der Waals surface area (Å²) in [6.45, 7) is 5.98. The first-order valence-electron chi connectivity index (χ1n) is 8.95. The minimum Gasteiger partial charge on any atom is -0.423 e. The zero-order valence-electron chi connectivity index (χ0n) is 15.0. The van der Waals surface area contributed by atoms with Gasteiger partial charge in [-0.05, 0) is 54.4 Å². The van der Waals surface area contributed by atoms with E-state index in [1.54, 1.807) is 6.07 Å². The van der Waals surface area contributed by atoms with Crippen LogP contribution in [-0.4, -0.2) is 31.1 Å². The van der Waals surface area contributed by atoms with Gasteiger partial charge in [0.15, 0.2) is 0 Å². The van der Waals surface area contributed by atoms with Gasteiger partial charge in [-0.2, -0.15) is 0 Å². The summed E-state index contributed by atoms with van der Waals surface area (Å²) in [6, 6.07) is 11.8. The molecule has 140 valence electrons. The van der Waals surface area contributed by atoms with Gasteiger partial charge < -0.3 is 9.32 Å². The highest BCUT2D eigenvalue weighted by molar-refractivity contribution is 6.32. The van der Waals surface area contributed by atoms with Gasteiger partial charge in [-0.15, -0.1) is 0 Å². The summed E-state index contributed by atoms with van der Waals surface area (Å²) >= 11 is 6.27. The van der Waals surface area contributed by atoms with Gasteiger partial charge in [0.1, 0.15) is 11.4 Å². The van der Waals surface area contributed by atoms with Crippen molar-refractivity contribution < 1.29 is 8.81 Å². The minimum atomic E-state index is -0.343. The van der Waals surface area contributed by atoms with Gasteiger partial charge in [0.2, 0.25) is 0 Å². The van der Waals surface area contributed by atoms with Crippen molar-refractivity contribution in [2.24, 2.45) is 0 Å². The smallest absolute Gasteiger partial charge is 0.336 e. The Hall–Kier alpha value is -2.37. The Kier molecular flexibility index (Phi) is 4.89. The maximum absolute atomic E-state index is 13.1. The average Bonchev–Trinajstić information content (AvgIpc) is 2.65. The fraction of sp³-hybridized carbons (Fsp3) is 0.286. The van der Waals surface area contributed by atoms with Gasteiger partial charge in [-0.1, -0.05) is 11.6 Å². The van der Waals surface area contributed by atoms with Gasteiger partial charge in [0, 0.05) is 54.9 Å². The van der Waals surface area contributed by atoms with Crippen LogP contribution in [0.2, 0.25) is 5.02 Å². The lowest BCUT2D eigenvalue weighted by atomic mass is 10.1. The van der Waals surface area contributed by atoms with Gasteiger partial charge >= 0.3 is 5.63 Å². The summed E-state index contributed by atoms with van der Waals surface area (Å²) < 4.78 is 18.4. The molecule has 0 atom stereocenters. The number of benzene rings is 2. The molecule has 0 spiro atoms. The predicted molar refractivity (Wildman–Crippen MR) is 106 cm³/mol. The van der Waals surface area contributed by atoms with Gasteiger partial charge in [0.05, 0.1) is 0 Å². The maximum atomic E-state index is 13.1. The normalized spacial score (nSPS) is 15.4. The molecule has 0 amide bonds. The van der Waals surface area contributed by atoms with Crippen LogP contribution < -0.4 is 10.5 Å². The average molecular weight is 387 g/mol. The molecule has 4 nitrogen and oxygen atoms in total. The van der Waals surface area contributed by atoms with Gasteiger partial charge in [-0.3, -0.25) is 4.90 Å². The van der Waals surface area contributed by atoms with E-state index in [4.69, 9.17) is 16.0 Å². The summed E-state index contributed by atoms with van der Waals surface area (Å²) in [6.07, 6.45) is 0. The molecule has 1 aliphatic rings. The number of fused-ring (bicyclic) bond motifs is 1. The Morgan fingerprint density at radius 2 is 1.78 bits per heavy atom. The quantitative estimate of drug-likeness (QED) is 0.632. The standard InChI is InChI=1S/C21H20ClFN2O2/c1-14-10-20-18(12-19(14)22)15(11-21(26)27-20)13-24-6-8-25(9-7-24)17-4-2-16(23)3-5-17/h2-5,10-12H,6-9,13H2,1H3. The third-order valence-corrected chi connectivity index (χ3v) is 5.47. The van der Waals surface area contributed by atoms with Crippen molar-refractivity contribution in [2.75, 3.05) is 31.1 Å². The summed E-state index contributed by atoms with van der Waals surface area (Å²) in [7, 11) is 0. The third kappa shape index (κ3) is 3.84. The molecule has 3 aromatic rings. The second kappa shape index (κ2) is 7.33. The predicted octanol–water partition coefficient (Wildman–Crippen LogP) is 4.22. The first-order valence-corrected chi connectivity index (χ1v) is 9.33. The number of halogens is 2. The monoisotopic (exact) mass is 386 g/mol. The fourth-order valence-electron chi connectivity index (χ4n) is 3.54. The largest absolute Gasteiger partial charge is 0.423 e. The molecule has 0 bridgehead atoms. The second-order valence-corrected chi connectivity index (χ2v) is 7.34. The molecule has 0 radical (unpaired) electrons. The molecule has 1 aromatic heterocycles. The lowest BCUT2D eigenvalue weighted by Crippen LogP contribution is -2.46. The van der Waals surface area contributed by atoms with Crippen LogP contribution in [0.25, 0.3) is 11.0 Å². The first kappa shape index (κ1) is 18.0. The van der Waals surface area contributed by atoms with Crippen LogP contribution in [0.3, 0.4) is 0 Å². The molecular weight excluding hydrogens is 367 g/mol. The summed E-state index contributed by atoms with van der Waals surface area (Å²) in [5.41, 5.74) is 3.08. The van der Waals surface area contributed by atoms with Crippen LogP contribution >= 0.6 is 11.6 Å². The molecule has 2 aromatic carbocycles. The third-order valence-electron chi connectivity index (χ3n) is 5.07. The lowest BCUT2D eigenvalue weighted by Gasteiger charge is -2.36. The molecule has 1 fully saturated rings. The van der Waals surface area contributed by atoms with Crippen LogP contribution in [0, 0.1) is 12.7 Å². The Morgan fingerprint density at radius 3 is 2.48 bits per heavy atom. The molecule has 0 aliphatic carbocycles. The zero-order valence-corrected chi connectivity index (χ0v) is 15.8. The van der Waals surface area contributed by atoms with Crippen LogP contribution in [0.1, 0.15) is 11.1 Å². The lowest BCUT2D eigenvalue weighted by molar-refractivity contribution is 0.250. The van der Waals surface area contributed by atoms with E-state index in [1.165, 1.54) is 12.1 Å². The van der Waals surface area contributed by atoms with Crippen molar-refractivity contribution in [3.8, 4) is 0 Å². The second-order valence-electron chi connectivity index (χ2n) is 6.93. The van der Waals surface area contributed by atoms with Crippen LogP contribution in [0.4, 0.5) is 10.1 Å². The molecular formula is C21H20ClFN2O2. The SMILES string of the molecule is Cc1cc2oc(=O)cc(CN3CCN(c4ccc(F)cc4)CC3)c2cc1Cl. The summed E-state index contributed by atoms with van der Waals surface area (Å²) in [4.78, 5) is 16.5. The van der Waals surface area contributed by atoms with Gasteiger partial charge in [-0.25, -0.2) is 9.18 Å². The van der Waals surface area contributed by atoms with E-state index in [9.17, 15) is 9.18 Å². The zero-order chi connectivity index (χ0) is 19.0. The molecule has 6 heteroatoms. The molecule has 27 heavy (non-hydrogen) atoms. The van der Waals surface area contributed by atoms with E-state index in [-0.39, 0.29) is 11.4 Å². The molecule has 0 saturated carbocycles. The number of nitrogens with zero attached hydrogens (tertiary/aromatic N) is 2. The van der Waals surface area contributed by atoms with E-state index in [0.717, 1.165) is 48.4 Å². The van der Waals surface area contributed by atoms with E-state index in [2.05, 4.69) is 9.80 Å². The number of rotatable bonds is 3. The van der Waals surface area contributed by atoms with Crippen molar-refractivity contribution in [1.29, 1.82) is 0 Å². The number of hydrogen-bond donors (Lipinski definition) is 0. The Balaban J connectivity index is 1.51. The molecule has 0 N–H and O–H groups in total. The number of piperazine rings is 1.